The highest BCUT2D eigenvalue weighted by molar-refractivity contribution is 5.06. The highest BCUT2D eigenvalue weighted by Crippen LogP contribution is 2.58. The Kier molecular flexibility index (Phi) is 3.18. The van der Waals surface area contributed by atoms with E-state index < -0.39 is 0 Å². The van der Waals surface area contributed by atoms with Gasteiger partial charge in [-0.3, -0.25) is 0 Å². The molecule has 0 aromatic heterocycles. The normalized spacial score (nSPS) is 40.4. The van der Waals surface area contributed by atoms with Gasteiger partial charge in [0.2, 0.25) is 0 Å². The summed E-state index contributed by atoms with van der Waals surface area (Å²) < 4.78 is 5.60. The molecule has 1 spiro atoms. The lowest BCUT2D eigenvalue weighted by molar-refractivity contribution is 0.0276. The summed E-state index contributed by atoms with van der Waals surface area (Å²) in [6.45, 7) is 7.85. The molecule has 98 valence electrons. The molecule has 2 unspecified atom stereocenters. The van der Waals surface area contributed by atoms with E-state index >= 15 is 0 Å². The first-order valence-corrected chi connectivity index (χ1v) is 7.26. The number of hydrogen-bond donors (Lipinski definition) is 2. The van der Waals surface area contributed by atoms with Gasteiger partial charge in [-0.1, -0.05) is 0 Å². The van der Waals surface area contributed by atoms with Crippen molar-refractivity contribution in [1.29, 1.82) is 0 Å². The van der Waals surface area contributed by atoms with Gasteiger partial charge in [0, 0.05) is 12.1 Å². The summed E-state index contributed by atoms with van der Waals surface area (Å²) in [4.78, 5) is 0. The van der Waals surface area contributed by atoms with Crippen molar-refractivity contribution < 1.29 is 4.74 Å². The number of ether oxygens (including phenoxy) is 1. The first kappa shape index (κ1) is 11.9. The van der Waals surface area contributed by atoms with Crippen LogP contribution in [0.15, 0.2) is 0 Å². The lowest BCUT2D eigenvalue weighted by Crippen LogP contribution is -2.50. The van der Waals surface area contributed by atoms with Crippen LogP contribution in [-0.2, 0) is 4.74 Å². The van der Waals surface area contributed by atoms with E-state index in [2.05, 4.69) is 17.6 Å². The molecule has 0 radical (unpaired) electrons. The molecular formula is C14H26N2O. The van der Waals surface area contributed by atoms with Crippen LogP contribution in [0.3, 0.4) is 0 Å². The maximum atomic E-state index is 5.60. The van der Waals surface area contributed by atoms with Crippen molar-refractivity contribution >= 4 is 0 Å². The molecular weight excluding hydrogens is 212 g/mol. The second kappa shape index (κ2) is 4.52. The minimum absolute atomic E-state index is 0.245. The Bertz CT molecular complexity index is 267. The number of piperidine rings is 1. The highest BCUT2D eigenvalue weighted by Gasteiger charge is 2.53. The van der Waals surface area contributed by atoms with Gasteiger partial charge in [-0.05, 0) is 70.0 Å². The van der Waals surface area contributed by atoms with E-state index in [9.17, 15) is 0 Å². The first-order valence-electron chi connectivity index (χ1n) is 7.26. The number of hydrogen-bond acceptors (Lipinski definition) is 3. The molecule has 2 heterocycles. The van der Waals surface area contributed by atoms with Gasteiger partial charge in [-0.2, -0.15) is 0 Å². The van der Waals surface area contributed by atoms with E-state index in [1.54, 1.807) is 0 Å². The fraction of sp³-hybridized carbons (Fsp3) is 1.00. The largest absolute Gasteiger partial charge is 0.380 e. The average Bonchev–Trinajstić information content (AvgIpc) is 3.01. The molecule has 3 rings (SSSR count). The third kappa shape index (κ3) is 2.51. The fourth-order valence-electron chi connectivity index (χ4n) is 3.70. The molecule has 2 atom stereocenters. The Balaban J connectivity index is 1.46. The third-order valence-corrected chi connectivity index (χ3v) is 5.17. The Labute approximate surface area is 105 Å². The third-order valence-electron chi connectivity index (χ3n) is 5.17. The van der Waals surface area contributed by atoms with Crippen molar-refractivity contribution in [2.24, 2.45) is 11.3 Å². The predicted octanol–water partition coefficient (Wildman–Crippen LogP) is 1.53. The lowest BCUT2D eigenvalue weighted by Gasteiger charge is -2.35. The van der Waals surface area contributed by atoms with Crippen molar-refractivity contribution in [3.8, 4) is 0 Å². The SMILES string of the molecule is CC1(NCC2CC23CCNCC3)CCCOC1. The Morgan fingerprint density at radius 3 is 2.82 bits per heavy atom. The second-order valence-electron chi connectivity index (χ2n) is 6.61. The molecule has 3 fully saturated rings. The molecule has 1 aliphatic carbocycles. The quantitative estimate of drug-likeness (QED) is 0.782. The lowest BCUT2D eigenvalue weighted by atomic mass is 9.91. The van der Waals surface area contributed by atoms with Crippen LogP contribution >= 0.6 is 0 Å². The van der Waals surface area contributed by atoms with Crippen LogP contribution in [-0.4, -0.2) is 38.4 Å². The number of nitrogens with one attached hydrogen (secondary N) is 2. The van der Waals surface area contributed by atoms with E-state index in [1.165, 1.54) is 51.7 Å². The molecule has 2 aliphatic heterocycles. The van der Waals surface area contributed by atoms with Gasteiger partial charge >= 0.3 is 0 Å². The Morgan fingerprint density at radius 2 is 2.12 bits per heavy atom. The Hall–Kier alpha value is -0.120. The van der Waals surface area contributed by atoms with Crippen LogP contribution in [0.2, 0.25) is 0 Å². The summed E-state index contributed by atoms with van der Waals surface area (Å²) in [5.41, 5.74) is 0.957. The minimum Gasteiger partial charge on any atom is -0.380 e. The smallest absolute Gasteiger partial charge is 0.0645 e. The molecule has 2 saturated heterocycles. The zero-order valence-corrected chi connectivity index (χ0v) is 11.1. The summed E-state index contributed by atoms with van der Waals surface area (Å²) in [7, 11) is 0. The van der Waals surface area contributed by atoms with E-state index in [0.29, 0.717) is 5.41 Å². The molecule has 3 heteroatoms. The van der Waals surface area contributed by atoms with Crippen molar-refractivity contribution in [2.75, 3.05) is 32.8 Å². The van der Waals surface area contributed by atoms with Crippen molar-refractivity contribution in [2.45, 2.75) is 44.6 Å². The zero-order valence-electron chi connectivity index (χ0n) is 11.1. The average molecular weight is 238 g/mol. The molecule has 3 nitrogen and oxygen atoms in total. The molecule has 1 saturated carbocycles. The highest BCUT2D eigenvalue weighted by atomic mass is 16.5. The van der Waals surface area contributed by atoms with Crippen LogP contribution in [0.1, 0.15) is 39.0 Å². The second-order valence-corrected chi connectivity index (χ2v) is 6.61. The first-order chi connectivity index (χ1) is 8.23. The number of rotatable bonds is 3. The van der Waals surface area contributed by atoms with Crippen LogP contribution < -0.4 is 10.6 Å². The summed E-state index contributed by atoms with van der Waals surface area (Å²) in [5, 5.41) is 7.26. The molecule has 0 aromatic rings. The van der Waals surface area contributed by atoms with Gasteiger partial charge in [0.05, 0.1) is 6.61 Å². The molecule has 0 bridgehead atoms. The summed E-state index contributed by atoms with van der Waals surface area (Å²) in [5.74, 6) is 0.934. The van der Waals surface area contributed by atoms with Gasteiger partial charge in [-0.25, -0.2) is 0 Å². The van der Waals surface area contributed by atoms with Gasteiger partial charge < -0.3 is 15.4 Å². The van der Waals surface area contributed by atoms with E-state index in [1.807, 2.05) is 0 Å². The summed E-state index contributed by atoms with van der Waals surface area (Å²) >= 11 is 0. The molecule has 0 amide bonds. The molecule has 17 heavy (non-hydrogen) atoms. The maximum Gasteiger partial charge on any atom is 0.0645 e. The standard InChI is InChI=1S/C14H26N2O/c1-13(3-2-8-17-11-13)16-10-12-9-14(12)4-6-15-7-5-14/h12,15-16H,2-11H2,1H3. The van der Waals surface area contributed by atoms with E-state index in [-0.39, 0.29) is 5.54 Å². The minimum atomic E-state index is 0.245. The molecule has 2 N–H and O–H groups in total. The van der Waals surface area contributed by atoms with Gasteiger partial charge in [0.15, 0.2) is 0 Å². The summed E-state index contributed by atoms with van der Waals surface area (Å²) in [6, 6.07) is 0. The molecule has 0 aromatic carbocycles. The van der Waals surface area contributed by atoms with Gasteiger partial charge in [-0.15, -0.1) is 0 Å². The van der Waals surface area contributed by atoms with Crippen LogP contribution in [0, 0.1) is 11.3 Å². The molecule has 3 aliphatic rings. The summed E-state index contributed by atoms with van der Waals surface area (Å²) in [6.07, 6.45) is 6.73. The van der Waals surface area contributed by atoms with Crippen LogP contribution in [0.25, 0.3) is 0 Å². The van der Waals surface area contributed by atoms with E-state index in [0.717, 1.165) is 19.1 Å². The topological polar surface area (TPSA) is 33.3 Å². The van der Waals surface area contributed by atoms with Gasteiger partial charge in [0.25, 0.3) is 0 Å². The zero-order chi connectivity index (χ0) is 11.8. The van der Waals surface area contributed by atoms with Crippen molar-refractivity contribution in [1.82, 2.24) is 10.6 Å². The van der Waals surface area contributed by atoms with E-state index in [4.69, 9.17) is 4.74 Å². The predicted molar refractivity (Wildman–Crippen MR) is 69.1 cm³/mol. The van der Waals surface area contributed by atoms with Crippen molar-refractivity contribution in [3.05, 3.63) is 0 Å². The fourth-order valence-corrected chi connectivity index (χ4v) is 3.70. The van der Waals surface area contributed by atoms with Crippen LogP contribution in [0.5, 0.6) is 0 Å². The van der Waals surface area contributed by atoms with Crippen molar-refractivity contribution in [3.63, 3.8) is 0 Å². The maximum absolute atomic E-state index is 5.60. The van der Waals surface area contributed by atoms with Crippen LogP contribution in [0.4, 0.5) is 0 Å². The Morgan fingerprint density at radius 1 is 1.29 bits per heavy atom. The monoisotopic (exact) mass is 238 g/mol. The van der Waals surface area contributed by atoms with Gasteiger partial charge in [0.1, 0.15) is 0 Å².